The van der Waals surface area contributed by atoms with E-state index in [1.165, 1.54) is 5.56 Å². The highest BCUT2D eigenvalue weighted by molar-refractivity contribution is 5.92. The van der Waals surface area contributed by atoms with E-state index in [-0.39, 0.29) is 5.91 Å². The van der Waals surface area contributed by atoms with E-state index in [1.807, 2.05) is 38.1 Å². The maximum atomic E-state index is 11.7. The van der Waals surface area contributed by atoms with E-state index in [4.69, 9.17) is 0 Å². The molecule has 12 heavy (non-hydrogen) atoms. The van der Waals surface area contributed by atoms with E-state index in [0.717, 1.165) is 12.1 Å². The van der Waals surface area contributed by atoms with E-state index < -0.39 is 0 Å². The van der Waals surface area contributed by atoms with Gasteiger partial charge in [0.15, 0.2) is 0 Å². The van der Waals surface area contributed by atoms with Crippen LogP contribution in [0.25, 0.3) is 0 Å². The van der Waals surface area contributed by atoms with Crippen LogP contribution in [-0.4, -0.2) is 29.1 Å². The average Bonchev–Trinajstić information content (AvgIpc) is 2.35. The Morgan fingerprint density at radius 1 is 1.42 bits per heavy atom. The first-order valence-corrected chi connectivity index (χ1v) is 4.03. The first-order chi connectivity index (χ1) is 5.50. The number of aromatic nitrogens is 1. The molecule has 0 aliphatic carbocycles. The molecule has 0 spiro atoms. The van der Waals surface area contributed by atoms with E-state index in [1.54, 1.807) is 0 Å². The molecule has 0 saturated carbocycles. The first-order valence-electron chi connectivity index (χ1n) is 4.03. The molecule has 1 aliphatic rings. The zero-order chi connectivity index (χ0) is 8.93. The second kappa shape index (κ2) is 1.98. The Morgan fingerprint density at radius 3 is 2.67 bits per heavy atom. The molecule has 0 bridgehead atoms. The number of hydrogen-bond donors (Lipinski definition) is 0. The SMILES string of the molecule is Cn1cc2c(c1)C(=O)[N+](C)(C)C2. The summed E-state index contributed by atoms with van der Waals surface area (Å²) >= 11 is 0. The third-order valence-electron chi connectivity index (χ3n) is 2.38. The van der Waals surface area contributed by atoms with Gasteiger partial charge in [0.1, 0.15) is 12.1 Å². The Morgan fingerprint density at radius 2 is 2.08 bits per heavy atom. The van der Waals surface area contributed by atoms with Crippen molar-refractivity contribution in [2.24, 2.45) is 7.05 Å². The predicted octanol–water partition coefficient (Wildman–Crippen LogP) is 0.755. The van der Waals surface area contributed by atoms with Gasteiger partial charge in [-0.05, 0) is 0 Å². The van der Waals surface area contributed by atoms with Gasteiger partial charge >= 0.3 is 5.91 Å². The lowest BCUT2D eigenvalue weighted by molar-refractivity contribution is -0.817. The minimum absolute atomic E-state index is 0.227. The first kappa shape index (κ1) is 7.55. The van der Waals surface area contributed by atoms with Crippen LogP contribution in [-0.2, 0) is 13.6 Å². The standard InChI is InChI=1S/C9H13N2O/c1-10-4-7-6-11(2,3)9(12)8(7)5-10/h4-5H,6H2,1-3H3/q+1. The molecule has 0 N–H and O–H groups in total. The molecule has 1 amide bonds. The van der Waals surface area contributed by atoms with Crippen molar-refractivity contribution in [2.75, 3.05) is 14.1 Å². The number of carbonyl (C=O) groups is 1. The Balaban J connectivity index is 2.53. The van der Waals surface area contributed by atoms with Gasteiger partial charge in [-0.1, -0.05) is 0 Å². The molecule has 64 valence electrons. The Hall–Kier alpha value is -1.09. The fourth-order valence-electron chi connectivity index (χ4n) is 1.78. The highest BCUT2D eigenvalue weighted by Gasteiger charge is 2.39. The van der Waals surface area contributed by atoms with Gasteiger partial charge in [0.2, 0.25) is 0 Å². The van der Waals surface area contributed by atoms with Crippen LogP contribution in [0.2, 0.25) is 0 Å². The molecule has 1 aliphatic heterocycles. The molecule has 2 heterocycles. The Bertz CT molecular complexity index is 349. The number of amides is 1. The van der Waals surface area contributed by atoms with Crippen LogP contribution in [0.5, 0.6) is 0 Å². The van der Waals surface area contributed by atoms with Crippen molar-refractivity contribution in [1.29, 1.82) is 0 Å². The molecule has 0 radical (unpaired) electrons. The van der Waals surface area contributed by atoms with E-state index in [0.29, 0.717) is 4.48 Å². The predicted molar refractivity (Wildman–Crippen MR) is 45.6 cm³/mol. The normalized spacial score (nSPS) is 19.8. The summed E-state index contributed by atoms with van der Waals surface area (Å²) < 4.78 is 2.41. The van der Waals surface area contributed by atoms with Crippen LogP contribution >= 0.6 is 0 Å². The van der Waals surface area contributed by atoms with Crippen LogP contribution in [0.4, 0.5) is 0 Å². The van der Waals surface area contributed by atoms with Gasteiger partial charge in [-0.15, -0.1) is 0 Å². The minimum atomic E-state index is 0.227. The second-order valence-corrected chi connectivity index (χ2v) is 4.01. The molecule has 1 aromatic rings. The van der Waals surface area contributed by atoms with Crippen LogP contribution in [0.1, 0.15) is 15.9 Å². The van der Waals surface area contributed by atoms with E-state index >= 15 is 0 Å². The van der Waals surface area contributed by atoms with Crippen molar-refractivity contribution < 1.29 is 9.28 Å². The van der Waals surface area contributed by atoms with Crippen LogP contribution in [0.3, 0.4) is 0 Å². The van der Waals surface area contributed by atoms with Crippen molar-refractivity contribution in [3.05, 3.63) is 23.5 Å². The maximum absolute atomic E-state index is 11.7. The largest absolute Gasteiger partial charge is 0.356 e. The van der Waals surface area contributed by atoms with Crippen molar-refractivity contribution in [1.82, 2.24) is 4.57 Å². The van der Waals surface area contributed by atoms with Gasteiger partial charge in [0.05, 0.1) is 14.1 Å². The fraction of sp³-hybridized carbons (Fsp3) is 0.444. The van der Waals surface area contributed by atoms with Gasteiger partial charge in [0.25, 0.3) is 0 Å². The lowest BCUT2D eigenvalue weighted by Gasteiger charge is -2.19. The summed E-state index contributed by atoms with van der Waals surface area (Å²) in [5.74, 6) is 0.227. The van der Waals surface area contributed by atoms with Crippen LogP contribution < -0.4 is 0 Å². The Labute approximate surface area is 71.8 Å². The van der Waals surface area contributed by atoms with Gasteiger partial charge in [-0.25, -0.2) is 4.79 Å². The van der Waals surface area contributed by atoms with Crippen molar-refractivity contribution in [2.45, 2.75) is 6.54 Å². The summed E-state index contributed by atoms with van der Waals surface area (Å²) in [5.41, 5.74) is 2.06. The molecular formula is C9H13N2O+. The van der Waals surface area contributed by atoms with Crippen molar-refractivity contribution >= 4 is 5.91 Å². The molecule has 1 aromatic heterocycles. The van der Waals surface area contributed by atoms with Gasteiger partial charge < -0.3 is 4.57 Å². The van der Waals surface area contributed by atoms with Crippen molar-refractivity contribution in [3.8, 4) is 0 Å². The zero-order valence-electron chi connectivity index (χ0n) is 7.66. The minimum Gasteiger partial charge on any atom is -0.356 e. The summed E-state index contributed by atoms with van der Waals surface area (Å²) in [6.45, 7) is 0.828. The molecule has 3 nitrogen and oxygen atoms in total. The number of hydrogen-bond acceptors (Lipinski definition) is 1. The number of fused-ring (bicyclic) bond motifs is 1. The van der Waals surface area contributed by atoms with Gasteiger partial charge in [0, 0.05) is 25.0 Å². The molecule has 0 unspecified atom stereocenters. The number of nitrogens with zero attached hydrogens (tertiary/aromatic N) is 2. The van der Waals surface area contributed by atoms with E-state index in [9.17, 15) is 4.79 Å². The van der Waals surface area contributed by atoms with Gasteiger partial charge in [-0.2, -0.15) is 0 Å². The second-order valence-electron chi connectivity index (χ2n) is 4.01. The summed E-state index contributed by atoms with van der Waals surface area (Å²) in [6.07, 6.45) is 3.94. The molecule has 3 heteroatoms. The summed E-state index contributed by atoms with van der Waals surface area (Å²) in [5, 5.41) is 0. The van der Waals surface area contributed by atoms with Crippen molar-refractivity contribution in [3.63, 3.8) is 0 Å². The quantitative estimate of drug-likeness (QED) is 0.520. The number of carbonyl (C=O) groups excluding carboxylic acids is 1. The number of quaternary nitrogens is 1. The van der Waals surface area contributed by atoms with Crippen LogP contribution in [0.15, 0.2) is 12.4 Å². The average molecular weight is 165 g/mol. The monoisotopic (exact) mass is 165 g/mol. The summed E-state index contributed by atoms with van der Waals surface area (Å²) in [7, 11) is 5.84. The highest BCUT2D eigenvalue weighted by atomic mass is 16.2. The number of rotatable bonds is 0. The topological polar surface area (TPSA) is 22.0 Å². The van der Waals surface area contributed by atoms with Gasteiger partial charge in [-0.3, -0.25) is 4.48 Å². The third-order valence-corrected chi connectivity index (χ3v) is 2.38. The third kappa shape index (κ3) is 0.830. The molecule has 0 atom stereocenters. The molecule has 0 fully saturated rings. The molecule has 0 saturated heterocycles. The molecule has 0 aromatic carbocycles. The summed E-state index contributed by atoms with van der Waals surface area (Å²) in [6, 6.07) is 0. The van der Waals surface area contributed by atoms with E-state index in [2.05, 4.69) is 0 Å². The highest BCUT2D eigenvalue weighted by Crippen LogP contribution is 2.26. The smallest absolute Gasteiger partial charge is 0.347 e. The number of aryl methyl sites for hydroxylation is 1. The molecular weight excluding hydrogens is 152 g/mol. The lowest BCUT2D eigenvalue weighted by atomic mass is 10.2. The maximum Gasteiger partial charge on any atom is 0.347 e. The molecule has 2 rings (SSSR count). The van der Waals surface area contributed by atoms with Crippen LogP contribution in [0, 0.1) is 0 Å². The fourth-order valence-corrected chi connectivity index (χ4v) is 1.78. The summed E-state index contributed by atoms with van der Waals surface area (Å²) in [4.78, 5) is 11.7. The Kier molecular flexibility index (Phi) is 1.25. The lowest BCUT2D eigenvalue weighted by Crippen LogP contribution is -2.39. The zero-order valence-corrected chi connectivity index (χ0v) is 7.66.